The number of hydrogen-bond donors (Lipinski definition) is 1. The Morgan fingerprint density at radius 1 is 1.00 bits per heavy atom. The minimum absolute atomic E-state index is 0.0304. The first kappa shape index (κ1) is 25.8. The number of piperidine rings is 1. The summed E-state index contributed by atoms with van der Waals surface area (Å²) in [5, 5.41) is 3.49. The van der Waals surface area contributed by atoms with Gasteiger partial charge in [0.15, 0.2) is 0 Å². The number of anilines is 1. The molecule has 36 heavy (non-hydrogen) atoms. The van der Waals surface area contributed by atoms with Gasteiger partial charge in [-0.15, -0.1) is 0 Å². The summed E-state index contributed by atoms with van der Waals surface area (Å²) >= 11 is 6.44. The van der Waals surface area contributed by atoms with E-state index in [2.05, 4.69) is 32.2 Å². The Labute approximate surface area is 218 Å². The summed E-state index contributed by atoms with van der Waals surface area (Å²) in [6.07, 6.45) is 1.40. The quantitative estimate of drug-likeness (QED) is 0.412. The Hall–Kier alpha value is -3.31. The first-order valence-corrected chi connectivity index (χ1v) is 12.7. The van der Waals surface area contributed by atoms with Crippen molar-refractivity contribution in [2.75, 3.05) is 19.0 Å². The van der Waals surface area contributed by atoms with Crippen molar-refractivity contribution in [3.05, 3.63) is 94.5 Å². The Bertz CT molecular complexity index is 1240. The van der Waals surface area contributed by atoms with E-state index in [0.717, 1.165) is 23.2 Å². The second kappa shape index (κ2) is 10.8. The molecule has 5 nitrogen and oxygen atoms in total. The molecule has 1 N–H and O–H groups in total. The van der Waals surface area contributed by atoms with E-state index < -0.39 is 12.0 Å². The molecule has 2 atom stereocenters. The third-order valence-corrected chi connectivity index (χ3v) is 7.10. The zero-order chi connectivity index (χ0) is 25.9. The van der Waals surface area contributed by atoms with Crippen molar-refractivity contribution in [1.82, 2.24) is 4.90 Å². The number of ether oxygens (including phenoxy) is 1. The average molecular weight is 505 g/mol. The van der Waals surface area contributed by atoms with Crippen LogP contribution in [0.4, 0.5) is 5.69 Å². The highest BCUT2D eigenvalue weighted by Gasteiger charge is 2.40. The standard InChI is InChI=1S/C30H33ClN2O3/c1-30(2,3)21-12-8-13-22(18-21)32-28(34)24-14-9-17-33(27(24)20-10-6-5-7-11-20)29(35)25-19-23(36-4)15-16-26(25)31/h5-8,10-13,15-16,18-19,24,27H,9,14,17H2,1-4H3,(H,32,34). The van der Waals surface area contributed by atoms with Crippen LogP contribution in [0.5, 0.6) is 5.75 Å². The number of benzene rings is 3. The van der Waals surface area contributed by atoms with Crippen LogP contribution in [0.25, 0.3) is 0 Å². The summed E-state index contributed by atoms with van der Waals surface area (Å²) < 4.78 is 5.32. The van der Waals surface area contributed by atoms with Crippen molar-refractivity contribution in [2.24, 2.45) is 5.92 Å². The molecule has 3 aromatic rings. The molecule has 0 bridgehead atoms. The van der Waals surface area contributed by atoms with Crippen LogP contribution in [0.15, 0.2) is 72.8 Å². The second-order valence-electron chi connectivity index (χ2n) is 10.3. The lowest BCUT2D eigenvalue weighted by Gasteiger charge is -2.41. The third kappa shape index (κ3) is 5.57. The Morgan fingerprint density at radius 3 is 2.44 bits per heavy atom. The molecular formula is C30H33ClN2O3. The number of carbonyl (C=O) groups is 2. The summed E-state index contributed by atoms with van der Waals surface area (Å²) in [5.41, 5.74) is 3.17. The molecular weight excluding hydrogens is 472 g/mol. The molecule has 1 aliphatic heterocycles. The fourth-order valence-electron chi connectivity index (χ4n) is 4.81. The molecule has 1 saturated heterocycles. The predicted octanol–water partition coefficient (Wildman–Crippen LogP) is 6.88. The van der Waals surface area contributed by atoms with E-state index in [1.165, 1.54) is 0 Å². The van der Waals surface area contributed by atoms with E-state index in [-0.39, 0.29) is 17.2 Å². The summed E-state index contributed by atoms with van der Waals surface area (Å²) in [6.45, 7) is 6.98. The van der Waals surface area contributed by atoms with Crippen LogP contribution < -0.4 is 10.1 Å². The van der Waals surface area contributed by atoms with Gasteiger partial charge in [-0.3, -0.25) is 9.59 Å². The van der Waals surface area contributed by atoms with Crippen LogP contribution >= 0.6 is 11.6 Å². The summed E-state index contributed by atoms with van der Waals surface area (Å²) in [5.74, 6) is -0.152. The molecule has 0 saturated carbocycles. The maximum atomic E-state index is 13.8. The van der Waals surface area contributed by atoms with E-state index >= 15 is 0 Å². The lowest BCUT2D eigenvalue weighted by atomic mass is 9.83. The van der Waals surface area contributed by atoms with E-state index in [9.17, 15) is 9.59 Å². The molecule has 0 aromatic heterocycles. The lowest BCUT2D eigenvalue weighted by Crippen LogP contribution is -2.46. The number of amides is 2. The van der Waals surface area contributed by atoms with Gasteiger partial charge in [0.25, 0.3) is 5.91 Å². The minimum Gasteiger partial charge on any atom is -0.497 e. The third-order valence-electron chi connectivity index (χ3n) is 6.77. The van der Waals surface area contributed by atoms with Gasteiger partial charge in [-0.25, -0.2) is 0 Å². The highest BCUT2D eigenvalue weighted by Crippen LogP contribution is 2.39. The van der Waals surface area contributed by atoms with Gasteiger partial charge in [-0.1, -0.05) is 74.8 Å². The van der Waals surface area contributed by atoms with E-state index in [1.807, 2.05) is 48.5 Å². The maximum Gasteiger partial charge on any atom is 0.256 e. The average Bonchev–Trinajstić information content (AvgIpc) is 2.88. The van der Waals surface area contributed by atoms with Crippen LogP contribution in [0.1, 0.15) is 61.1 Å². The molecule has 0 radical (unpaired) electrons. The minimum atomic E-state index is -0.416. The fourth-order valence-corrected chi connectivity index (χ4v) is 5.01. The molecule has 2 amide bonds. The molecule has 188 valence electrons. The Balaban J connectivity index is 1.68. The number of methoxy groups -OCH3 is 1. The molecule has 1 fully saturated rings. The summed E-state index contributed by atoms with van der Waals surface area (Å²) in [7, 11) is 1.56. The predicted molar refractivity (Wildman–Crippen MR) is 145 cm³/mol. The van der Waals surface area contributed by atoms with Gasteiger partial charge >= 0.3 is 0 Å². The Kier molecular flexibility index (Phi) is 7.70. The number of hydrogen-bond acceptors (Lipinski definition) is 3. The molecule has 6 heteroatoms. The number of likely N-dealkylation sites (tertiary alicyclic amines) is 1. The van der Waals surface area contributed by atoms with Crippen molar-refractivity contribution in [2.45, 2.75) is 45.1 Å². The van der Waals surface area contributed by atoms with Gasteiger partial charge in [0.1, 0.15) is 5.75 Å². The fraction of sp³-hybridized carbons (Fsp3) is 0.333. The van der Waals surface area contributed by atoms with Crippen molar-refractivity contribution in [3.63, 3.8) is 0 Å². The number of nitrogens with one attached hydrogen (secondary N) is 1. The van der Waals surface area contributed by atoms with Crippen LogP contribution in [0.2, 0.25) is 5.02 Å². The van der Waals surface area contributed by atoms with Crippen molar-refractivity contribution < 1.29 is 14.3 Å². The van der Waals surface area contributed by atoms with Crippen molar-refractivity contribution >= 4 is 29.1 Å². The molecule has 4 rings (SSSR count). The number of halogens is 1. The van der Waals surface area contributed by atoms with E-state index in [1.54, 1.807) is 30.2 Å². The van der Waals surface area contributed by atoms with Crippen molar-refractivity contribution in [3.8, 4) is 5.75 Å². The van der Waals surface area contributed by atoms with Crippen LogP contribution in [0, 0.1) is 5.92 Å². The maximum absolute atomic E-state index is 13.8. The first-order valence-electron chi connectivity index (χ1n) is 12.3. The first-order chi connectivity index (χ1) is 17.2. The van der Waals surface area contributed by atoms with Crippen LogP contribution in [-0.4, -0.2) is 30.4 Å². The molecule has 0 spiro atoms. The molecule has 3 aromatic carbocycles. The summed E-state index contributed by atoms with van der Waals surface area (Å²) in [6, 6.07) is 22.4. The number of carbonyl (C=O) groups excluding carboxylic acids is 2. The number of rotatable bonds is 5. The smallest absolute Gasteiger partial charge is 0.256 e. The van der Waals surface area contributed by atoms with Crippen molar-refractivity contribution in [1.29, 1.82) is 0 Å². The molecule has 2 unspecified atom stereocenters. The zero-order valence-corrected chi connectivity index (χ0v) is 22.0. The molecule has 1 aliphatic rings. The SMILES string of the molecule is COc1ccc(Cl)c(C(=O)N2CCCC(C(=O)Nc3cccc(C(C)(C)C)c3)C2c2ccccc2)c1. The van der Waals surface area contributed by atoms with Crippen LogP contribution in [0.3, 0.4) is 0 Å². The van der Waals surface area contributed by atoms with Gasteiger partial charge in [-0.05, 0) is 59.7 Å². The summed E-state index contributed by atoms with van der Waals surface area (Å²) in [4.78, 5) is 29.3. The number of nitrogens with zero attached hydrogens (tertiary/aromatic N) is 1. The van der Waals surface area contributed by atoms with Gasteiger partial charge in [0.2, 0.25) is 5.91 Å². The zero-order valence-electron chi connectivity index (χ0n) is 21.3. The largest absolute Gasteiger partial charge is 0.497 e. The lowest BCUT2D eigenvalue weighted by molar-refractivity contribution is -0.123. The molecule has 0 aliphatic carbocycles. The van der Waals surface area contributed by atoms with Gasteiger partial charge in [0, 0.05) is 12.2 Å². The highest BCUT2D eigenvalue weighted by molar-refractivity contribution is 6.33. The Morgan fingerprint density at radius 2 is 1.75 bits per heavy atom. The van der Waals surface area contributed by atoms with Gasteiger partial charge in [-0.2, -0.15) is 0 Å². The van der Waals surface area contributed by atoms with E-state index in [4.69, 9.17) is 16.3 Å². The molecule has 1 heterocycles. The highest BCUT2D eigenvalue weighted by atomic mass is 35.5. The van der Waals surface area contributed by atoms with E-state index in [0.29, 0.717) is 29.3 Å². The topological polar surface area (TPSA) is 58.6 Å². The monoisotopic (exact) mass is 504 g/mol. The normalized spacial score (nSPS) is 18.0. The van der Waals surface area contributed by atoms with Crippen LogP contribution in [-0.2, 0) is 10.2 Å². The van der Waals surface area contributed by atoms with Gasteiger partial charge in [0.05, 0.1) is 29.7 Å². The second-order valence-corrected chi connectivity index (χ2v) is 10.7. The van der Waals surface area contributed by atoms with Gasteiger partial charge < -0.3 is 15.0 Å².